The first-order valence-corrected chi connectivity index (χ1v) is 7.96. The Kier molecular flexibility index (Phi) is 2.82. The van der Waals surface area contributed by atoms with Gasteiger partial charge in [0.05, 0.1) is 18.4 Å². The van der Waals surface area contributed by atoms with Gasteiger partial charge in [0, 0.05) is 11.1 Å². The van der Waals surface area contributed by atoms with Crippen molar-refractivity contribution in [1.82, 2.24) is 14.8 Å². The van der Waals surface area contributed by atoms with Crippen LogP contribution >= 0.6 is 0 Å². The van der Waals surface area contributed by atoms with Gasteiger partial charge in [-0.3, -0.25) is 4.79 Å². The first kappa shape index (κ1) is 14.0. The lowest BCUT2D eigenvalue weighted by Gasteiger charge is -2.26. The quantitative estimate of drug-likeness (QED) is 0.782. The van der Waals surface area contributed by atoms with Gasteiger partial charge in [-0.05, 0) is 17.7 Å². The van der Waals surface area contributed by atoms with Crippen molar-refractivity contribution >= 4 is 17.4 Å². The van der Waals surface area contributed by atoms with Crippen LogP contribution in [0, 0.1) is 0 Å². The normalized spacial score (nSPS) is 17.6. The van der Waals surface area contributed by atoms with E-state index in [0.29, 0.717) is 17.1 Å². The van der Waals surface area contributed by atoms with Crippen LogP contribution in [-0.2, 0) is 0 Å². The van der Waals surface area contributed by atoms with E-state index in [4.69, 9.17) is 4.74 Å². The topological polar surface area (TPSA) is 69.0 Å². The Labute approximate surface area is 143 Å². The molecule has 0 saturated carbocycles. The molecule has 1 aliphatic heterocycles. The number of Topliss-reactive ketones (excluding diaryl/α,β-unsaturated/α-hetero) is 1. The second-order valence-electron chi connectivity index (χ2n) is 5.99. The van der Waals surface area contributed by atoms with Gasteiger partial charge in [0.15, 0.2) is 5.78 Å². The molecule has 2 aliphatic rings. The minimum Gasteiger partial charge on any atom is -0.497 e. The zero-order valence-corrected chi connectivity index (χ0v) is 13.4. The molecule has 2 aromatic carbocycles. The number of methoxy groups -OCH3 is 1. The number of hydrogen-bond donors (Lipinski definition) is 1. The summed E-state index contributed by atoms with van der Waals surface area (Å²) >= 11 is 0. The number of allylic oxidation sites excluding steroid dienone is 1. The van der Waals surface area contributed by atoms with Crippen LogP contribution in [0.1, 0.15) is 27.5 Å². The molecule has 0 bridgehead atoms. The van der Waals surface area contributed by atoms with E-state index in [1.54, 1.807) is 11.8 Å². The number of nitrogens with zero attached hydrogens (tertiary/aromatic N) is 3. The molecular formula is C19H14N4O2. The zero-order valence-electron chi connectivity index (χ0n) is 13.4. The number of anilines is 1. The Morgan fingerprint density at radius 3 is 2.60 bits per heavy atom. The van der Waals surface area contributed by atoms with E-state index < -0.39 is 0 Å². The number of aromatic nitrogens is 3. The third-order valence-electron chi connectivity index (χ3n) is 4.71. The molecule has 1 aliphatic carbocycles. The van der Waals surface area contributed by atoms with E-state index in [2.05, 4.69) is 15.4 Å². The number of ketones is 1. The van der Waals surface area contributed by atoms with Gasteiger partial charge < -0.3 is 10.1 Å². The van der Waals surface area contributed by atoms with Crippen molar-refractivity contribution in [2.24, 2.45) is 0 Å². The van der Waals surface area contributed by atoms with Crippen LogP contribution in [0.5, 0.6) is 5.75 Å². The summed E-state index contributed by atoms with van der Waals surface area (Å²) in [5.41, 5.74) is 4.11. The molecule has 25 heavy (non-hydrogen) atoms. The summed E-state index contributed by atoms with van der Waals surface area (Å²) in [6.07, 6.45) is 1.50. The largest absolute Gasteiger partial charge is 0.497 e. The van der Waals surface area contributed by atoms with Crippen molar-refractivity contribution in [2.75, 3.05) is 12.4 Å². The number of benzene rings is 2. The van der Waals surface area contributed by atoms with Crippen molar-refractivity contribution in [3.8, 4) is 5.75 Å². The average Bonchev–Trinajstić information content (AvgIpc) is 3.24. The highest BCUT2D eigenvalue weighted by molar-refractivity contribution is 6.23. The van der Waals surface area contributed by atoms with Crippen LogP contribution in [0.15, 0.2) is 60.4 Å². The molecule has 122 valence electrons. The van der Waals surface area contributed by atoms with E-state index in [9.17, 15) is 4.79 Å². The summed E-state index contributed by atoms with van der Waals surface area (Å²) in [7, 11) is 1.63. The Balaban J connectivity index is 1.73. The standard InChI is InChI=1S/C19H14N4O2/c1-25-12-8-6-11(7-9-12)17-15-16(22-19-20-10-21-23(17)19)13-4-2-3-5-14(13)18(15)24/h2-10,17H,1H3,(H,20,21,22)/t17-/m1/s1. The maximum atomic E-state index is 13.1. The van der Waals surface area contributed by atoms with Crippen molar-refractivity contribution < 1.29 is 9.53 Å². The number of ether oxygens (including phenoxy) is 1. The summed E-state index contributed by atoms with van der Waals surface area (Å²) in [6.45, 7) is 0. The number of nitrogens with one attached hydrogen (secondary N) is 1. The maximum Gasteiger partial charge on any atom is 0.226 e. The monoisotopic (exact) mass is 330 g/mol. The number of rotatable bonds is 2. The molecular weight excluding hydrogens is 316 g/mol. The van der Waals surface area contributed by atoms with Gasteiger partial charge in [0.1, 0.15) is 18.1 Å². The Bertz CT molecular complexity index is 1030. The summed E-state index contributed by atoms with van der Waals surface area (Å²) in [5.74, 6) is 1.43. The second-order valence-corrected chi connectivity index (χ2v) is 5.99. The zero-order chi connectivity index (χ0) is 17.0. The summed E-state index contributed by atoms with van der Waals surface area (Å²) in [4.78, 5) is 17.4. The molecule has 0 spiro atoms. The molecule has 1 aromatic heterocycles. The van der Waals surface area contributed by atoms with Gasteiger partial charge in [0.25, 0.3) is 0 Å². The van der Waals surface area contributed by atoms with Crippen molar-refractivity contribution in [3.63, 3.8) is 0 Å². The SMILES string of the molecule is COc1ccc([C@@H]2C3=C(Nc4ncnn42)c2ccccc2C3=O)cc1. The Hall–Kier alpha value is -3.41. The first-order chi connectivity index (χ1) is 12.3. The fraction of sp³-hybridized carbons (Fsp3) is 0.105. The van der Waals surface area contributed by atoms with Gasteiger partial charge in [-0.15, -0.1) is 0 Å². The summed E-state index contributed by atoms with van der Waals surface area (Å²) in [5, 5.41) is 7.61. The van der Waals surface area contributed by atoms with Crippen LogP contribution in [-0.4, -0.2) is 27.7 Å². The van der Waals surface area contributed by atoms with Crippen molar-refractivity contribution in [3.05, 3.63) is 77.1 Å². The number of hydrogen-bond acceptors (Lipinski definition) is 5. The van der Waals surface area contributed by atoms with Gasteiger partial charge in [-0.1, -0.05) is 36.4 Å². The highest BCUT2D eigenvalue weighted by Gasteiger charge is 2.40. The van der Waals surface area contributed by atoms with Crippen molar-refractivity contribution in [2.45, 2.75) is 6.04 Å². The Morgan fingerprint density at radius 1 is 1.08 bits per heavy atom. The summed E-state index contributed by atoms with van der Waals surface area (Å²) in [6, 6.07) is 15.0. The lowest BCUT2D eigenvalue weighted by atomic mass is 9.94. The van der Waals surface area contributed by atoms with Crippen LogP contribution in [0.25, 0.3) is 5.70 Å². The smallest absolute Gasteiger partial charge is 0.226 e. The molecule has 1 N–H and O–H groups in total. The van der Waals surface area contributed by atoms with Crippen LogP contribution in [0.3, 0.4) is 0 Å². The molecule has 6 nitrogen and oxygen atoms in total. The molecule has 0 saturated heterocycles. The van der Waals surface area contributed by atoms with Crippen molar-refractivity contribution in [1.29, 1.82) is 0 Å². The number of carbonyl (C=O) groups excluding carboxylic acids is 1. The molecule has 0 unspecified atom stereocenters. The minimum absolute atomic E-state index is 0.0278. The average molecular weight is 330 g/mol. The molecule has 2 heterocycles. The van der Waals surface area contributed by atoms with Crippen LogP contribution in [0.4, 0.5) is 5.95 Å². The third-order valence-corrected chi connectivity index (χ3v) is 4.71. The predicted molar refractivity (Wildman–Crippen MR) is 92.5 cm³/mol. The van der Waals surface area contributed by atoms with E-state index in [0.717, 1.165) is 22.6 Å². The lowest BCUT2D eigenvalue weighted by Crippen LogP contribution is -2.25. The molecule has 0 amide bonds. The van der Waals surface area contributed by atoms with Gasteiger partial charge >= 0.3 is 0 Å². The Morgan fingerprint density at radius 2 is 1.84 bits per heavy atom. The molecule has 6 heteroatoms. The van der Waals surface area contributed by atoms with Gasteiger partial charge in [0.2, 0.25) is 5.95 Å². The van der Waals surface area contributed by atoms with E-state index in [1.165, 1.54) is 6.33 Å². The third kappa shape index (κ3) is 1.88. The maximum absolute atomic E-state index is 13.1. The second kappa shape index (κ2) is 5.04. The highest BCUT2D eigenvalue weighted by Crippen LogP contribution is 2.44. The van der Waals surface area contributed by atoms with Gasteiger partial charge in [-0.2, -0.15) is 10.1 Å². The number of fused-ring (bicyclic) bond motifs is 3. The molecule has 5 rings (SSSR count). The molecule has 0 radical (unpaired) electrons. The molecule has 3 aromatic rings. The predicted octanol–water partition coefficient (Wildman–Crippen LogP) is 2.91. The molecule has 0 fully saturated rings. The van der Waals surface area contributed by atoms with Crippen LogP contribution < -0.4 is 10.1 Å². The van der Waals surface area contributed by atoms with E-state index in [-0.39, 0.29) is 11.8 Å². The van der Waals surface area contributed by atoms with E-state index in [1.807, 2.05) is 48.5 Å². The highest BCUT2D eigenvalue weighted by atomic mass is 16.5. The van der Waals surface area contributed by atoms with E-state index >= 15 is 0 Å². The fourth-order valence-corrected chi connectivity index (χ4v) is 3.56. The first-order valence-electron chi connectivity index (χ1n) is 7.96. The number of carbonyl (C=O) groups is 1. The molecule has 1 atom stereocenters. The minimum atomic E-state index is -0.320. The fourth-order valence-electron chi connectivity index (χ4n) is 3.56. The summed E-state index contributed by atoms with van der Waals surface area (Å²) < 4.78 is 7.00. The lowest BCUT2D eigenvalue weighted by molar-refractivity contribution is 0.102. The van der Waals surface area contributed by atoms with Gasteiger partial charge in [-0.25, -0.2) is 4.68 Å². The van der Waals surface area contributed by atoms with Crippen LogP contribution in [0.2, 0.25) is 0 Å².